The molecule has 0 heterocycles. The lowest BCUT2D eigenvalue weighted by Gasteiger charge is -2.25. The van der Waals surface area contributed by atoms with Gasteiger partial charge in [-0.2, -0.15) is 0 Å². The van der Waals surface area contributed by atoms with Gasteiger partial charge in [-0.05, 0) is 45.3 Å². The van der Waals surface area contributed by atoms with Crippen molar-refractivity contribution in [3.63, 3.8) is 0 Å². The molecule has 0 unspecified atom stereocenters. The van der Waals surface area contributed by atoms with E-state index in [0.29, 0.717) is 0 Å². The second-order valence-electron chi connectivity index (χ2n) is 5.00. The minimum Gasteiger partial charge on any atom is -0.322 e. The van der Waals surface area contributed by atoms with E-state index in [1.807, 2.05) is 27.7 Å². The third kappa shape index (κ3) is 2.42. The van der Waals surface area contributed by atoms with Gasteiger partial charge in [0.25, 0.3) is 0 Å². The standard InChI is InChI=1S/C11H20N2/c1-10(2,12)8-5-6-9(7-8)11(3,4)13/h5-6H,7,12-13H2,1-4H3. The average Bonchev–Trinajstić information content (AvgIpc) is 2.28. The lowest BCUT2D eigenvalue weighted by Crippen LogP contribution is -2.37. The van der Waals surface area contributed by atoms with Gasteiger partial charge in [0.05, 0.1) is 0 Å². The second-order valence-corrected chi connectivity index (χ2v) is 5.00. The van der Waals surface area contributed by atoms with Crippen LogP contribution in [0.5, 0.6) is 0 Å². The van der Waals surface area contributed by atoms with Gasteiger partial charge in [0, 0.05) is 11.1 Å². The molecule has 74 valence electrons. The quantitative estimate of drug-likeness (QED) is 0.680. The molecule has 0 spiro atoms. The van der Waals surface area contributed by atoms with Crippen LogP contribution >= 0.6 is 0 Å². The highest BCUT2D eigenvalue weighted by molar-refractivity contribution is 5.39. The Labute approximate surface area is 80.7 Å². The van der Waals surface area contributed by atoms with Crippen molar-refractivity contribution in [2.45, 2.75) is 45.2 Å². The van der Waals surface area contributed by atoms with E-state index < -0.39 is 0 Å². The summed E-state index contributed by atoms with van der Waals surface area (Å²) in [5, 5.41) is 0. The van der Waals surface area contributed by atoms with Crippen LogP contribution in [0.1, 0.15) is 34.1 Å². The minimum atomic E-state index is -0.219. The van der Waals surface area contributed by atoms with Crippen molar-refractivity contribution in [3.8, 4) is 0 Å². The summed E-state index contributed by atoms with van der Waals surface area (Å²) in [4.78, 5) is 0. The van der Waals surface area contributed by atoms with Crippen molar-refractivity contribution in [1.29, 1.82) is 0 Å². The van der Waals surface area contributed by atoms with Crippen LogP contribution in [0.3, 0.4) is 0 Å². The largest absolute Gasteiger partial charge is 0.322 e. The first-order valence-electron chi connectivity index (χ1n) is 4.70. The first kappa shape index (κ1) is 10.5. The fourth-order valence-electron chi connectivity index (χ4n) is 1.41. The Bertz CT molecular complexity index is 231. The van der Waals surface area contributed by atoms with Gasteiger partial charge >= 0.3 is 0 Å². The summed E-state index contributed by atoms with van der Waals surface area (Å²) in [6.07, 6.45) is 5.13. The molecule has 1 aliphatic rings. The molecule has 0 aliphatic heterocycles. The van der Waals surface area contributed by atoms with Crippen LogP contribution in [-0.4, -0.2) is 11.1 Å². The summed E-state index contributed by atoms with van der Waals surface area (Å²) in [7, 11) is 0. The number of hydrogen-bond donors (Lipinski definition) is 2. The van der Waals surface area contributed by atoms with Crippen LogP contribution in [0.4, 0.5) is 0 Å². The van der Waals surface area contributed by atoms with Crippen LogP contribution < -0.4 is 11.5 Å². The number of hydrogen-bond acceptors (Lipinski definition) is 2. The van der Waals surface area contributed by atoms with Crippen LogP contribution in [0.15, 0.2) is 23.3 Å². The number of allylic oxidation sites excluding steroid dienone is 2. The van der Waals surface area contributed by atoms with E-state index in [9.17, 15) is 0 Å². The van der Waals surface area contributed by atoms with Crippen molar-refractivity contribution in [2.75, 3.05) is 0 Å². The molecule has 13 heavy (non-hydrogen) atoms. The fraction of sp³-hybridized carbons (Fsp3) is 0.636. The van der Waals surface area contributed by atoms with Gasteiger partial charge < -0.3 is 11.5 Å². The third-order valence-electron chi connectivity index (χ3n) is 2.52. The number of rotatable bonds is 2. The van der Waals surface area contributed by atoms with Crippen LogP contribution in [0.25, 0.3) is 0 Å². The molecule has 0 radical (unpaired) electrons. The maximum absolute atomic E-state index is 6.00. The molecule has 0 aromatic rings. The summed E-state index contributed by atoms with van der Waals surface area (Å²) in [5.41, 5.74) is 14.1. The monoisotopic (exact) mass is 180 g/mol. The SMILES string of the molecule is CC(C)(N)C1=CC=C(C(C)(C)N)C1. The zero-order valence-electron chi connectivity index (χ0n) is 9.02. The third-order valence-corrected chi connectivity index (χ3v) is 2.52. The van der Waals surface area contributed by atoms with Gasteiger partial charge in [0.1, 0.15) is 0 Å². The topological polar surface area (TPSA) is 52.0 Å². The molecule has 0 saturated carbocycles. The van der Waals surface area contributed by atoms with E-state index in [1.54, 1.807) is 0 Å². The fourth-order valence-corrected chi connectivity index (χ4v) is 1.41. The highest BCUT2D eigenvalue weighted by atomic mass is 14.7. The van der Waals surface area contributed by atoms with E-state index in [-0.39, 0.29) is 11.1 Å². The molecule has 1 aliphatic carbocycles. The summed E-state index contributed by atoms with van der Waals surface area (Å²) in [6.45, 7) is 8.11. The van der Waals surface area contributed by atoms with Gasteiger partial charge in [-0.15, -0.1) is 0 Å². The zero-order valence-corrected chi connectivity index (χ0v) is 9.02. The maximum atomic E-state index is 6.00. The molecule has 0 saturated heterocycles. The van der Waals surface area contributed by atoms with Crippen molar-refractivity contribution in [3.05, 3.63) is 23.3 Å². The van der Waals surface area contributed by atoms with Crippen molar-refractivity contribution >= 4 is 0 Å². The highest BCUT2D eigenvalue weighted by Crippen LogP contribution is 2.31. The molecule has 2 nitrogen and oxygen atoms in total. The van der Waals surface area contributed by atoms with Gasteiger partial charge in [0.15, 0.2) is 0 Å². The predicted octanol–water partition coefficient (Wildman–Crippen LogP) is 1.72. The van der Waals surface area contributed by atoms with Crippen LogP contribution in [0.2, 0.25) is 0 Å². The Balaban J connectivity index is 2.71. The van der Waals surface area contributed by atoms with E-state index in [4.69, 9.17) is 11.5 Å². The van der Waals surface area contributed by atoms with Gasteiger partial charge in [-0.3, -0.25) is 0 Å². The Morgan fingerprint density at radius 1 is 0.923 bits per heavy atom. The first-order chi connectivity index (χ1) is 5.71. The van der Waals surface area contributed by atoms with E-state index in [1.165, 1.54) is 11.1 Å². The number of nitrogens with two attached hydrogens (primary N) is 2. The lowest BCUT2D eigenvalue weighted by molar-refractivity contribution is 0.561. The predicted molar refractivity (Wildman–Crippen MR) is 57.3 cm³/mol. The molecule has 0 atom stereocenters. The van der Waals surface area contributed by atoms with Crippen molar-refractivity contribution in [1.82, 2.24) is 0 Å². The Kier molecular flexibility index (Phi) is 2.39. The second kappa shape index (κ2) is 2.96. The van der Waals surface area contributed by atoms with Crippen molar-refractivity contribution < 1.29 is 0 Å². The molecular weight excluding hydrogens is 160 g/mol. The van der Waals surface area contributed by atoms with Crippen LogP contribution in [0, 0.1) is 0 Å². The normalized spacial score (nSPS) is 18.6. The summed E-state index contributed by atoms with van der Waals surface area (Å²) >= 11 is 0. The molecule has 0 bridgehead atoms. The maximum Gasteiger partial charge on any atom is 0.0317 e. The van der Waals surface area contributed by atoms with E-state index in [0.717, 1.165) is 6.42 Å². The van der Waals surface area contributed by atoms with Crippen LogP contribution in [-0.2, 0) is 0 Å². The molecule has 0 amide bonds. The van der Waals surface area contributed by atoms with Gasteiger partial charge in [-0.1, -0.05) is 12.2 Å². The first-order valence-corrected chi connectivity index (χ1v) is 4.70. The van der Waals surface area contributed by atoms with Gasteiger partial charge in [-0.25, -0.2) is 0 Å². The zero-order chi connectivity index (χ0) is 10.3. The molecule has 0 aromatic heterocycles. The average molecular weight is 180 g/mol. The summed E-state index contributed by atoms with van der Waals surface area (Å²) in [6, 6.07) is 0. The Morgan fingerprint density at radius 3 is 1.38 bits per heavy atom. The highest BCUT2D eigenvalue weighted by Gasteiger charge is 2.26. The van der Waals surface area contributed by atoms with Crippen molar-refractivity contribution in [2.24, 2.45) is 11.5 Å². The van der Waals surface area contributed by atoms with E-state index in [2.05, 4.69) is 12.2 Å². The Hall–Kier alpha value is -0.600. The minimum absolute atomic E-state index is 0.219. The molecule has 0 aromatic carbocycles. The summed E-state index contributed by atoms with van der Waals surface area (Å²) in [5.74, 6) is 0. The summed E-state index contributed by atoms with van der Waals surface area (Å²) < 4.78 is 0. The smallest absolute Gasteiger partial charge is 0.0317 e. The molecule has 1 rings (SSSR count). The van der Waals surface area contributed by atoms with Gasteiger partial charge in [0.2, 0.25) is 0 Å². The molecule has 0 fully saturated rings. The molecular formula is C11H20N2. The molecule has 4 N–H and O–H groups in total. The molecule has 2 heteroatoms. The Morgan fingerprint density at radius 2 is 1.23 bits per heavy atom. The van der Waals surface area contributed by atoms with E-state index >= 15 is 0 Å². The lowest BCUT2D eigenvalue weighted by atomic mass is 9.88.